The van der Waals surface area contributed by atoms with Gasteiger partial charge < -0.3 is 10.1 Å². The summed E-state index contributed by atoms with van der Waals surface area (Å²) in [6.07, 6.45) is -0.00249. The molecule has 1 amide bonds. The number of primary sulfonamides is 1. The Balaban J connectivity index is 1.93. The summed E-state index contributed by atoms with van der Waals surface area (Å²) >= 11 is 0. The summed E-state index contributed by atoms with van der Waals surface area (Å²) in [7, 11) is -3.86. The number of carbonyl (C=O) groups excluding carboxylic acids is 1. The van der Waals surface area contributed by atoms with Crippen molar-refractivity contribution in [3.8, 4) is 5.75 Å². The van der Waals surface area contributed by atoms with Gasteiger partial charge in [0, 0.05) is 17.2 Å². The summed E-state index contributed by atoms with van der Waals surface area (Å²) in [5.74, 6) is 0.428. The molecule has 0 saturated carbocycles. The first-order valence-corrected chi connectivity index (χ1v) is 9.47. The van der Waals surface area contributed by atoms with Gasteiger partial charge in [0.15, 0.2) is 0 Å². The largest absolute Gasteiger partial charge is 0.489 e. The minimum absolute atomic E-state index is 0.00249. The first kappa shape index (κ1) is 17.4. The third-order valence-electron chi connectivity index (χ3n) is 4.54. The molecule has 2 aromatic carbocycles. The van der Waals surface area contributed by atoms with Gasteiger partial charge in [0.05, 0.1) is 10.5 Å². The molecule has 0 fully saturated rings. The molecule has 0 radical (unpaired) electrons. The van der Waals surface area contributed by atoms with Gasteiger partial charge in [-0.1, -0.05) is 25.1 Å². The van der Waals surface area contributed by atoms with E-state index in [-0.39, 0.29) is 22.8 Å². The lowest BCUT2D eigenvalue weighted by Gasteiger charge is -2.11. The van der Waals surface area contributed by atoms with Gasteiger partial charge in [-0.3, -0.25) is 4.79 Å². The monoisotopic (exact) mass is 360 g/mol. The summed E-state index contributed by atoms with van der Waals surface area (Å²) in [4.78, 5) is 12.6. The Morgan fingerprint density at radius 3 is 2.60 bits per heavy atom. The molecular formula is C18H20N2O4S. The number of rotatable bonds is 3. The highest BCUT2D eigenvalue weighted by Gasteiger charge is 2.31. The predicted molar refractivity (Wildman–Crippen MR) is 95.5 cm³/mol. The second kappa shape index (κ2) is 6.16. The number of ether oxygens (including phenoxy) is 1. The number of fused-ring (bicyclic) bond motifs is 1. The van der Waals surface area contributed by atoms with Gasteiger partial charge in [-0.2, -0.15) is 0 Å². The lowest BCUT2D eigenvalue weighted by molar-refractivity contribution is 0.102. The van der Waals surface area contributed by atoms with Crippen LogP contribution in [0.4, 0.5) is 5.69 Å². The third kappa shape index (κ3) is 3.25. The molecule has 0 unspecified atom stereocenters. The number of benzene rings is 2. The predicted octanol–water partition coefficient (Wildman–Crippen LogP) is 2.78. The second-order valence-corrected chi connectivity index (χ2v) is 7.84. The van der Waals surface area contributed by atoms with Gasteiger partial charge in [-0.05, 0) is 37.6 Å². The Morgan fingerprint density at radius 1 is 1.20 bits per heavy atom. The van der Waals surface area contributed by atoms with Crippen LogP contribution in [0, 0.1) is 6.92 Å². The summed E-state index contributed by atoms with van der Waals surface area (Å²) in [6.45, 7) is 5.66. The summed E-state index contributed by atoms with van der Waals surface area (Å²) < 4.78 is 29.1. The zero-order valence-corrected chi connectivity index (χ0v) is 15.1. The van der Waals surface area contributed by atoms with Crippen LogP contribution in [-0.4, -0.2) is 20.4 Å². The number of hydrogen-bond acceptors (Lipinski definition) is 4. The Labute approximate surface area is 147 Å². The number of nitrogens with one attached hydrogen (secondary N) is 1. The molecule has 0 bridgehead atoms. The molecule has 0 aliphatic carbocycles. The van der Waals surface area contributed by atoms with E-state index in [2.05, 4.69) is 12.2 Å². The fourth-order valence-electron chi connectivity index (χ4n) is 2.95. The van der Waals surface area contributed by atoms with Gasteiger partial charge in [-0.15, -0.1) is 0 Å². The fraction of sp³-hybridized carbons (Fsp3) is 0.278. The third-order valence-corrected chi connectivity index (χ3v) is 5.59. The van der Waals surface area contributed by atoms with Crippen LogP contribution in [0.15, 0.2) is 41.3 Å². The Kier molecular flexibility index (Phi) is 4.30. The Morgan fingerprint density at radius 2 is 1.92 bits per heavy atom. The molecule has 0 aromatic heterocycles. The van der Waals surface area contributed by atoms with E-state index < -0.39 is 10.0 Å². The summed E-state index contributed by atoms with van der Waals surface area (Å²) in [5, 5.41) is 7.93. The summed E-state index contributed by atoms with van der Waals surface area (Å²) in [6, 6.07) is 10.1. The van der Waals surface area contributed by atoms with Gasteiger partial charge in [-0.25, -0.2) is 13.6 Å². The zero-order chi connectivity index (χ0) is 18.4. The molecule has 1 aliphatic rings. The smallest absolute Gasteiger partial charge is 0.259 e. The minimum Gasteiger partial charge on any atom is -0.489 e. The molecule has 6 nitrogen and oxygen atoms in total. The maximum atomic E-state index is 12.7. The quantitative estimate of drug-likeness (QED) is 0.879. The Hall–Kier alpha value is -2.38. The van der Waals surface area contributed by atoms with Crippen LogP contribution >= 0.6 is 0 Å². The molecule has 3 N–H and O–H groups in total. The van der Waals surface area contributed by atoms with Crippen LogP contribution in [0.25, 0.3) is 0 Å². The SMILES string of the molecule is Cc1ccc(NC(=O)c2cccc3c2O[C@H](C)[C@H]3C)cc1S(N)(=O)=O. The van der Waals surface area contributed by atoms with E-state index in [9.17, 15) is 13.2 Å². The van der Waals surface area contributed by atoms with E-state index in [0.29, 0.717) is 22.6 Å². The number of sulfonamides is 1. The molecule has 2 atom stereocenters. The van der Waals surface area contributed by atoms with Gasteiger partial charge in [0.2, 0.25) is 10.0 Å². The molecule has 7 heteroatoms. The number of aryl methyl sites for hydroxylation is 1. The lowest BCUT2D eigenvalue weighted by Crippen LogP contribution is -2.16. The average Bonchev–Trinajstić information content (AvgIpc) is 2.83. The van der Waals surface area contributed by atoms with Crippen molar-refractivity contribution < 1.29 is 17.9 Å². The van der Waals surface area contributed by atoms with Crippen molar-refractivity contribution in [1.29, 1.82) is 0 Å². The number of anilines is 1. The van der Waals surface area contributed by atoms with Crippen LogP contribution in [0.3, 0.4) is 0 Å². The molecule has 0 saturated heterocycles. The van der Waals surface area contributed by atoms with Crippen molar-refractivity contribution in [3.63, 3.8) is 0 Å². The van der Waals surface area contributed by atoms with Gasteiger partial charge in [0.1, 0.15) is 11.9 Å². The maximum Gasteiger partial charge on any atom is 0.259 e. The molecule has 2 aromatic rings. The highest BCUT2D eigenvalue weighted by atomic mass is 32.2. The molecule has 25 heavy (non-hydrogen) atoms. The van der Waals surface area contributed by atoms with Crippen LogP contribution < -0.4 is 15.2 Å². The molecule has 0 spiro atoms. The minimum atomic E-state index is -3.86. The van der Waals surface area contributed by atoms with Gasteiger partial charge >= 0.3 is 0 Å². The molecule has 1 heterocycles. The number of para-hydroxylation sites is 1. The van der Waals surface area contributed by atoms with Crippen LogP contribution in [-0.2, 0) is 10.0 Å². The van der Waals surface area contributed by atoms with Crippen LogP contribution in [0.2, 0.25) is 0 Å². The first-order chi connectivity index (χ1) is 11.7. The number of nitrogens with two attached hydrogens (primary N) is 1. The summed E-state index contributed by atoms with van der Waals surface area (Å²) in [5.41, 5.74) is 2.30. The number of carbonyl (C=O) groups is 1. The fourth-order valence-corrected chi connectivity index (χ4v) is 3.76. The van der Waals surface area contributed by atoms with Crippen molar-refractivity contribution >= 4 is 21.6 Å². The van der Waals surface area contributed by atoms with Crippen molar-refractivity contribution in [1.82, 2.24) is 0 Å². The second-order valence-electron chi connectivity index (χ2n) is 6.31. The van der Waals surface area contributed by atoms with E-state index in [0.717, 1.165) is 5.56 Å². The maximum absolute atomic E-state index is 12.7. The zero-order valence-electron chi connectivity index (χ0n) is 14.2. The van der Waals surface area contributed by atoms with Crippen molar-refractivity contribution in [2.45, 2.75) is 37.7 Å². The van der Waals surface area contributed by atoms with Crippen LogP contribution in [0.1, 0.15) is 41.3 Å². The van der Waals surface area contributed by atoms with Gasteiger partial charge in [0.25, 0.3) is 5.91 Å². The van der Waals surface area contributed by atoms with E-state index >= 15 is 0 Å². The van der Waals surface area contributed by atoms with E-state index in [1.807, 2.05) is 19.1 Å². The van der Waals surface area contributed by atoms with E-state index in [1.165, 1.54) is 6.07 Å². The van der Waals surface area contributed by atoms with E-state index in [1.54, 1.807) is 25.1 Å². The number of amides is 1. The molecular weight excluding hydrogens is 340 g/mol. The van der Waals surface area contributed by atoms with Crippen molar-refractivity contribution in [3.05, 3.63) is 53.1 Å². The van der Waals surface area contributed by atoms with Crippen LogP contribution in [0.5, 0.6) is 5.75 Å². The first-order valence-electron chi connectivity index (χ1n) is 7.93. The standard InChI is InChI=1S/C18H20N2O4S/c1-10-7-8-13(9-16(10)25(19,22)23)20-18(21)15-6-4-5-14-11(2)12(3)24-17(14)15/h4-9,11-12H,1-3H3,(H,20,21)(H2,19,22,23)/t11-,12-/m1/s1. The lowest BCUT2D eigenvalue weighted by atomic mass is 9.97. The highest BCUT2D eigenvalue weighted by molar-refractivity contribution is 7.89. The normalized spacial score (nSPS) is 19.2. The average molecular weight is 360 g/mol. The highest BCUT2D eigenvalue weighted by Crippen LogP contribution is 2.40. The van der Waals surface area contributed by atoms with Crippen molar-refractivity contribution in [2.24, 2.45) is 5.14 Å². The van der Waals surface area contributed by atoms with Crippen molar-refractivity contribution in [2.75, 3.05) is 5.32 Å². The molecule has 3 rings (SSSR count). The Bertz CT molecular complexity index is 954. The number of hydrogen-bond donors (Lipinski definition) is 2. The van der Waals surface area contributed by atoms with E-state index in [4.69, 9.17) is 9.88 Å². The molecule has 132 valence electrons. The topological polar surface area (TPSA) is 98.5 Å². The molecule has 1 aliphatic heterocycles.